The predicted molar refractivity (Wildman–Crippen MR) is 101 cm³/mol. The average molecular weight is 416 g/mol. The lowest BCUT2D eigenvalue weighted by Crippen LogP contribution is -2.31. The summed E-state index contributed by atoms with van der Waals surface area (Å²) in [5.41, 5.74) is 3.87. The summed E-state index contributed by atoms with van der Waals surface area (Å²) in [7, 11) is 0. The van der Waals surface area contributed by atoms with Crippen molar-refractivity contribution in [3.8, 4) is 0 Å². The number of primary amides is 1. The highest BCUT2D eigenvalue weighted by Crippen LogP contribution is 2.32. The van der Waals surface area contributed by atoms with Gasteiger partial charge in [-0.15, -0.1) is 0 Å². The second-order valence-electron chi connectivity index (χ2n) is 7.17. The number of nitrogens with two attached hydrogens (primary N) is 1. The summed E-state index contributed by atoms with van der Waals surface area (Å²) in [6.07, 6.45) is -3.33. The van der Waals surface area contributed by atoms with E-state index >= 15 is 0 Å². The molecule has 1 atom stereocenters. The summed E-state index contributed by atoms with van der Waals surface area (Å²) in [5, 5.41) is 7.17. The molecule has 1 aromatic heterocycles. The Hall–Kier alpha value is -2.49. The molecular weight excluding hydrogens is 392 g/mol. The van der Waals surface area contributed by atoms with Crippen molar-refractivity contribution >= 4 is 16.7 Å². The van der Waals surface area contributed by atoms with E-state index in [1.54, 1.807) is 13.8 Å². The van der Waals surface area contributed by atoms with Crippen LogP contribution in [0.1, 0.15) is 43.9 Å². The van der Waals surface area contributed by atoms with E-state index in [2.05, 4.69) is 10.4 Å². The third-order valence-corrected chi connectivity index (χ3v) is 4.41. The molecule has 0 saturated carbocycles. The number of amides is 1. The van der Waals surface area contributed by atoms with Crippen molar-refractivity contribution in [1.82, 2.24) is 15.1 Å². The number of carbonyl (C=O) groups excluding carboxylic acids is 1. The van der Waals surface area contributed by atoms with Crippen LogP contribution in [0.2, 0.25) is 0 Å². The van der Waals surface area contributed by atoms with Gasteiger partial charge in [-0.2, -0.15) is 18.3 Å². The van der Waals surface area contributed by atoms with Crippen LogP contribution < -0.4 is 16.6 Å². The molecule has 0 spiro atoms. The largest absolute Gasteiger partial charge is 0.416 e. The average Bonchev–Trinajstić information content (AvgIpc) is 2.63. The number of hydrogen-bond donors (Lipinski definition) is 2. The van der Waals surface area contributed by atoms with E-state index in [-0.39, 0.29) is 16.7 Å². The smallest absolute Gasteiger partial charge is 0.368 e. The molecule has 1 amide bonds. The Kier molecular flexibility index (Phi) is 7.34. The third-order valence-electron chi connectivity index (χ3n) is 4.41. The molecular formula is C19H24F4N4O2. The SMILES string of the molecule is CC(C)c1nn(CC(N)=O)c(=O)c2ccc(C(F)(F)F)cc12.FC1CCCNC1. The van der Waals surface area contributed by atoms with Gasteiger partial charge in [-0.3, -0.25) is 9.59 Å². The van der Waals surface area contributed by atoms with E-state index in [1.807, 2.05) is 0 Å². The van der Waals surface area contributed by atoms with Gasteiger partial charge in [0.25, 0.3) is 5.56 Å². The van der Waals surface area contributed by atoms with Gasteiger partial charge in [0.15, 0.2) is 0 Å². The first-order chi connectivity index (χ1) is 13.5. The molecule has 1 aliphatic heterocycles. The molecule has 0 aliphatic carbocycles. The second-order valence-corrected chi connectivity index (χ2v) is 7.17. The van der Waals surface area contributed by atoms with E-state index in [1.165, 1.54) is 0 Å². The number of benzene rings is 1. The zero-order chi connectivity index (χ0) is 21.8. The molecule has 2 aromatic rings. The number of halogens is 4. The van der Waals surface area contributed by atoms with E-state index < -0.39 is 35.9 Å². The maximum absolute atomic E-state index is 12.8. The van der Waals surface area contributed by atoms with Gasteiger partial charge in [0.2, 0.25) is 5.91 Å². The van der Waals surface area contributed by atoms with Crippen molar-refractivity contribution in [2.45, 2.75) is 51.5 Å². The Bertz CT molecular complexity index is 919. The lowest BCUT2D eigenvalue weighted by molar-refractivity contribution is -0.137. The molecule has 3 rings (SSSR count). The summed E-state index contributed by atoms with van der Waals surface area (Å²) < 4.78 is 51.5. The van der Waals surface area contributed by atoms with Crippen molar-refractivity contribution in [3.63, 3.8) is 0 Å². The Morgan fingerprint density at radius 3 is 2.48 bits per heavy atom. The minimum atomic E-state index is -4.51. The molecule has 10 heteroatoms. The van der Waals surface area contributed by atoms with Crippen LogP contribution in [0.25, 0.3) is 10.8 Å². The maximum Gasteiger partial charge on any atom is 0.416 e. The normalized spacial score (nSPS) is 17.1. The van der Waals surface area contributed by atoms with E-state index in [0.29, 0.717) is 12.2 Å². The van der Waals surface area contributed by atoms with Crippen LogP contribution in [0.15, 0.2) is 23.0 Å². The fraction of sp³-hybridized carbons (Fsp3) is 0.526. The van der Waals surface area contributed by atoms with Crippen molar-refractivity contribution in [3.05, 3.63) is 39.8 Å². The Morgan fingerprint density at radius 2 is 2.03 bits per heavy atom. The van der Waals surface area contributed by atoms with Crippen LogP contribution in [0.4, 0.5) is 17.6 Å². The number of rotatable bonds is 3. The summed E-state index contributed by atoms with van der Waals surface area (Å²) in [6.45, 7) is 4.62. The van der Waals surface area contributed by atoms with Crippen LogP contribution in [-0.4, -0.2) is 34.9 Å². The van der Waals surface area contributed by atoms with Crippen LogP contribution in [-0.2, 0) is 17.5 Å². The number of carbonyl (C=O) groups is 1. The fourth-order valence-corrected chi connectivity index (χ4v) is 2.98. The van der Waals surface area contributed by atoms with Crippen LogP contribution in [0.5, 0.6) is 0 Å². The molecule has 0 bridgehead atoms. The third kappa shape index (κ3) is 5.99. The number of nitrogens with one attached hydrogen (secondary N) is 1. The Labute approximate surface area is 165 Å². The standard InChI is InChI=1S/C14H14F3N3O2.C5H10FN/c1-7(2)12-10-5-8(14(15,16)17)3-4-9(10)13(22)20(19-12)6-11(18)21;6-5-2-1-3-7-4-5/h3-5,7H,6H2,1-2H3,(H2,18,21);5,7H,1-4H2. The summed E-state index contributed by atoms with van der Waals surface area (Å²) in [5.74, 6) is -0.985. The maximum atomic E-state index is 12.8. The molecule has 29 heavy (non-hydrogen) atoms. The number of piperidine rings is 1. The van der Waals surface area contributed by atoms with Crippen LogP contribution in [0.3, 0.4) is 0 Å². The molecule has 6 nitrogen and oxygen atoms in total. The summed E-state index contributed by atoms with van der Waals surface area (Å²) in [4.78, 5) is 23.2. The molecule has 1 fully saturated rings. The minimum Gasteiger partial charge on any atom is -0.368 e. The van der Waals surface area contributed by atoms with Gasteiger partial charge in [0, 0.05) is 11.9 Å². The number of hydrogen-bond acceptors (Lipinski definition) is 4. The first-order valence-corrected chi connectivity index (χ1v) is 9.25. The lowest BCUT2D eigenvalue weighted by atomic mass is 10.0. The zero-order valence-electron chi connectivity index (χ0n) is 16.2. The van der Waals surface area contributed by atoms with Gasteiger partial charge >= 0.3 is 6.18 Å². The quantitative estimate of drug-likeness (QED) is 0.753. The second kappa shape index (κ2) is 9.34. The van der Waals surface area contributed by atoms with Crippen molar-refractivity contribution in [1.29, 1.82) is 0 Å². The summed E-state index contributed by atoms with van der Waals surface area (Å²) >= 11 is 0. The van der Waals surface area contributed by atoms with Crippen molar-refractivity contribution in [2.75, 3.05) is 13.1 Å². The fourth-order valence-electron chi connectivity index (χ4n) is 2.98. The monoisotopic (exact) mass is 416 g/mol. The van der Waals surface area contributed by atoms with E-state index in [0.717, 1.165) is 42.3 Å². The summed E-state index contributed by atoms with van der Waals surface area (Å²) in [6, 6.07) is 2.85. The molecule has 160 valence electrons. The number of aromatic nitrogens is 2. The first-order valence-electron chi connectivity index (χ1n) is 9.25. The highest BCUT2D eigenvalue weighted by molar-refractivity contribution is 5.85. The van der Waals surface area contributed by atoms with Gasteiger partial charge in [0.1, 0.15) is 12.7 Å². The molecule has 3 N–H and O–H groups in total. The molecule has 2 heterocycles. The van der Waals surface area contributed by atoms with Gasteiger partial charge in [-0.05, 0) is 43.5 Å². The topological polar surface area (TPSA) is 90.0 Å². The molecule has 1 unspecified atom stereocenters. The van der Waals surface area contributed by atoms with Gasteiger partial charge in [0.05, 0.1) is 16.6 Å². The number of nitrogens with zero attached hydrogens (tertiary/aromatic N) is 2. The molecule has 1 saturated heterocycles. The highest BCUT2D eigenvalue weighted by Gasteiger charge is 2.31. The number of fused-ring (bicyclic) bond motifs is 1. The highest BCUT2D eigenvalue weighted by atomic mass is 19.4. The van der Waals surface area contributed by atoms with Crippen molar-refractivity contribution < 1.29 is 22.4 Å². The predicted octanol–water partition coefficient (Wildman–Crippen LogP) is 2.73. The number of alkyl halides is 4. The van der Waals surface area contributed by atoms with Gasteiger partial charge in [-0.25, -0.2) is 9.07 Å². The van der Waals surface area contributed by atoms with Gasteiger partial charge in [-0.1, -0.05) is 13.8 Å². The molecule has 1 aliphatic rings. The lowest BCUT2D eigenvalue weighted by Gasteiger charge is -2.14. The molecule has 1 aromatic carbocycles. The zero-order valence-corrected chi connectivity index (χ0v) is 16.2. The first kappa shape index (κ1) is 22.8. The molecule has 0 radical (unpaired) electrons. The van der Waals surface area contributed by atoms with E-state index in [9.17, 15) is 27.2 Å². The van der Waals surface area contributed by atoms with Crippen LogP contribution in [0, 0.1) is 0 Å². The van der Waals surface area contributed by atoms with E-state index in [4.69, 9.17) is 5.73 Å². The van der Waals surface area contributed by atoms with Crippen LogP contribution >= 0.6 is 0 Å². The van der Waals surface area contributed by atoms with Gasteiger partial charge < -0.3 is 11.1 Å². The Morgan fingerprint density at radius 1 is 1.34 bits per heavy atom. The Balaban J connectivity index is 0.000000360. The minimum absolute atomic E-state index is 0.0768. The van der Waals surface area contributed by atoms with Crippen molar-refractivity contribution in [2.24, 2.45) is 5.73 Å².